The number of nitrogens with one attached hydrogen (secondary N) is 1. The number of hydrogen-bond acceptors (Lipinski definition) is 5. The molecule has 0 bridgehead atoms. The fourth-order valence-corrected chi connectivity index (χ4v) is 1.47. The molecule has 0 fully saturated rings. The molecule has 6 heteroatoms. The Morgan fingerprint density at radius 3 is 2.71 bits per heavy atom. The van der Waals surface area contributed by atoms with Gasteiger partial charge in [-0.1, -0.05) is 0 Å². The number of hydrazine groups is 1. The number of carbonyl (C=O) groups excluding carboxylic acids is 1. The minimum Gasteiger partial charge on any atom is -0.395 e. The SMILES string of the molecule is CC(C)N(CCO)C(=O)c1ccc(NN)nc1. The van der Waals surface area contributed by atoms with Crippen molar-refractivity contribution in [1.29, 1.82) is 0 Å². The van der Waals surface area contributed by atoms with Crippen molar-refractivity contribution in [3.05, 3.63) is 23.9 Å². The zero-order chi connectivity index (χ0) is 12.8. The zero-order valence-corrected chi connectivity index (χ0v) is 10.1. The van der Waals surface area contributed by atoms with Crippen LogP contribution in [0.3, 0.4) is 0 Å². The van der Waals surface area contributed by atoms with Crippen molar-refractivity contribution in [3.8, 4) is 0 Å². The number of hydrogen-bond donors (Lipinski definition) is 3. The lowest BCUT2D eigenvalue weighted by Gasteiger charge is -2.25. The number of carbonyl (C=O) groups is 1. The summed E-state index contributed by atoms with van der Waals surface area (Å²) in [5, 5.41) is 8.93. The van der Waals surface area contributed by atoms with E-state index in [2.05, 4.69) is 10.4 Å². The molecule has 0 aromatic carbocycles. The maximum atomic E-state index is 12.1. The molecule has 94 valence electrons. The van der Waals surface area contributed by atoms with Crippen molar-refractivity contribution >= 4 is 11.7 Å². The van der Waals surface area contributed by atoms with Crippen LogP contribution in [0.4, 0.5) is 5.82 Å². The average molecular weight is 238 g/mol. The van der Waals surface area contributed by atoms with Crippen molar-refractivity contribution in [1.82, 2.24) is 9.88 Å². The number of pyridine rings is 1. The molecule has 0 aliphatic heterocycles. The Labute approximate surface area is 100 Å². The predicted octanol–water partition coefficient (Wildman–Crippen LogP) is 0.210. The Balaban J connectivity index is 2.85. The maximum Gasteiger partial charge on any atom is 0.255 e. The first-order chi connectivity index (χ1) is 8.10. The Kier molecular flexibility index (Phi) is 4.86. The lowest BCUT2D eigenvalue weighted by molar-refractivity contribution is 0.0665. The van der Waals surface area contributed by atoms with Gasteiger partial charge in [0.1, 0.15) is 5.82 Å². The molecule has 1 aromatic rings. The highest BCUT2D eigenvalue weighted by molar-refractivity contribution is 5.94. The summed E-state index contributed by atoms with van der Waals surface area (Å²) in [4.78, 5) is 17.7. The van der Waals surface area contributed by atoms with Crippen molar-refractivity contribution in [3.63, 3.8) is 0 Å². The van der Waals surface area contributed by atoms with Gasteiger partial charge in [0.2, 0.25) is 0 Å². The van der Waals surface area contributed by atoms with Crippen LogP contribution in [0, 0.1) is 0 Å². The molecule has 1 heterocycles. The number of nitrogen functional groups attached to an aromatic ring is 1. The molecule has 1 rings (SSSR count). The molecule has 0 unspecified atom stereocenters. The third-order valence-corrected chi connectivity index (χ3v) is 2.38. The summed E-state index contributed by atoms with van der Waals surface area (Å²) >= 11 is 0. The Morgan fingerprint density at radius 1 is 1.59 bits per heavy atom. The van der Waals surface area contributed by atoms with Crippen LogP contribution in [0.2, 0.25) is 0 Å². The highest BCUT2D eigenvalue weighted by atomic mass is 16.3. The molecule has 4 N–H and O–H groups in total. The van der Waals surface area contributed by atoms with E-state index < -0.39 is 0 Å². The first-order valence-electron chi connectivity index (χ1n) is 5.44. The molecule has 0 aliphatic carbocycles. The molecule has 1 amide bonds. The Bertz CT molecular complexity index is 364. The van der Waals surface area contributed by atoms with Crippen LogP contribution in [-0.4, -0.2) is 40.1 Å². The molecule has 0 saturated heterocycles. The van der Waals surface area contributed by atoms with Gasteiger partial charge in [-0.3, -0.25) is 4.79 Å². The minimum absolute atomic E-state index is 0.0296. The summed E-state index contributed by atoms with van der Waals surface area (Å²) in [5.41, 5.74) is 2.87. The second-order valence-corrected chi connectivity index (χ2v) is 3.89. The van der Waals surface area contributed by atoms with Crippen LogP contribution in [0.25, 0.3) is 0 Å². The summed E-state index contributed by atoms with van der Waals surface area (Å²) in [6, 6.07) is 3.31. The van der Waals surface area contributed by atoms with Gasteiger partial charge in [-0.2, -0.15) is 0 Å². The van der Waals surface area contributed by atoms with Crippen molar-refractivity contribution in [2.75, 3.05) is 18.6 Å². The molecule has 0 saturated carbocycles. The third-order valence-electron chi connectivity index (χ3n) is 2.38. The van der Waals surface area contributed by atoms with Gasteiger partial charge < -0.3 is 15.4 Å². The Hall–Kier alpha value is -1.66. The molecule has 0 radical (unpaired) electrons. The van der Waals surface area contributed by atoms with Gasteiger partial charge in [0.05, 0.1) is 12.2 Å². The number of nitrogens with zero attached hydrogens (tertiary/aromatic N) is 2. The topological polar surface area (TPSA) is 91.5 Å². The van der Waals surface area contributed by atoms with Crippen molar-refractivity contribution < 1.29 is 9.90 Å². The number of aromatic nitrogens is 1. The molecule has 0 atom stereocenters. The lowest BCUT2D eigenvalue weighted by Crippen LogP contribution is -2.39. The third kappa shape index (κ3) is 3.40. The van der Waals surface area contributed by atoms with Crippen LogP contribution in [0.1, 0.15) is 24.2 Å². The second-order valence-electron chi connectivity index (χ2n) is 3.89. The van der Waals surface area contributed by atoms with Gasteiger partial charge in [0.15, 0.2) is 0 Å². The van der Waals surface area contributed by atoms with Crippen LogP contribution in [0.5, 0.6) is 0 Å². The molecule has 0 aliphatic rings. The number of aliphatic hydroxyl groups excluding tert-OH is 1. The molecular formula is C11H18N4O2. The average Bonchev–Trinajstić information content (AvgIpc) is 2.35. The fraction of sp³-hybridized carbons (Fsp3) is 0.455. The number of nitrogens with two attached hydrogens (primary N) is 1. The van der Waals surface area contributed by atoms with Crippen LogP contribution in [-0.2, 0) is 0 Å². The summed E-state index contributed by atoms with van der Waals surface area (Å²) in [5.74, 6) is 5.54. The summed E-state index contributed by atoms with van der Waals surface area (Å²) in [6.07, 6.45) is 1.46. The molecule has 0 spiro atoms. The molecular weight excluding hydrogens is 220 g/mol. The van der Waals surface area contributed by atoms with Crippen molar-refractivity contribution in [2.24, 2.45) is 5.84 Å². The normalized spacial score (nSPS) is 10.4. The monoisotopic (exact) mass is 238 g/mol. The maximum absolute atomic E-state index is 12.1. The highest BCUT2D eigenvalue weighted by Crippen LogP contribution is 2.09. The van der Waals surface area contributed by atoms with E-state index in [-0.39, 0.29) is 18.6 Å². The van der Waals surface area contributed by atoms with Gasteiger partial charge in [0, 0.05) is 18.8 Å². The van der Waals surface area contributed by atoms with Crippen LogP contribution >= 0.6 is 0 Å². The number of anilines is 1. The molecule has 17 heavy (non-hydrogen) atoms. The predicted molar refractivity (Wildman–Crippen MR) is 65.3 cm³/mol. The molecule has 1 aromatic heterocycles. The number of rotatable bonds is 5. The van der Waals surface area contributed by atoms with E-state index in [4.69, 9.17) is 10.9 Å². The van der Waals surface area contributed by atoms with E-state index in [9.17, 15) is 4.79 Å². The summed E-state index contributed by atoms with van der Waals surface area (Å²) in [6.45, 7) is 4.06. The quantitative estimate of drug-likeness (QED) is 0.504. The first kappa shape index (κ1) is 13.4. The number of amides is 1. The summed E-state index contributed by atoms with van der Waals surface area (Å²) in [7, 11) is 0. The van der Waals surface area contributed by atoms with E-state index >= 15 is 0 Å². The van der Waals surface area contributed by atoms with E-state index in [0.29, 0.717) is 17.9 Å². The van der Waals surface area contributed by atoms with Crippen LogP contribution in [0.15, 0.2) is 18.3 Å². The van der Waals surface area contributed by atoms with E-state index in [1.807, 2.05) is 13.8 Å². The van der Waals surface area contributed by atoms with Gasteiger partial charge in [-0.25, -0.2) is 10.8 Å². The minimum atomic E-state index is -0.148. The second kappa shape index (κ2) is 6.17. The first-order valence-corrected chi connectivity index (χ1v) is 5.44. The summed E-state index contributed by atoms with van der Waals surface area (Å²) < 4.78 is 0. The van der Waals surface area contributed by atoms with E-state index in [1.54, 1.807) is 17.0 Å². The van der Waals surface area contributed by atoms with Gasteiger partial charge in [0.25, 0.3) is 5.91 Å². The largest absolute Gasteiger partial charge is 0.395 e. The van der Waals surface area contributed by atoms with Crippen molar-refractivity contribution in [2.45, 2.75) is 19.9 Å². The van der Waals surface area contributed by atoms with Crippen LogP contribution < -0.4 is 11.3 Å². The van der Waals surface area contributed by atoms with Gasteiger partial charge in [-0.05, 0) is 26.0 Å². The smallest absolute Gasteiger partial charge is 0.255 e. The number of aliphatic hydroxyl groups is 1. The standard InChI is InChI=1S/C11H18N4O2/c1-8(2)15(5-6-16)11(17)9-3-4-10(14-12)13-7-9/h3-4,7-8,16H,5-6,12H2,1-2H3,(H,13,14). The highest BCUT2D eigenvalue weighted by Gasteiger charge is 2.18. The fourth-order valence-electron chi connectivity index (χ4n) is 1.47. The Morgan fingerprint density at radius 2 is 2.29 bits per heavy atom. The molecule has 6 nitrogen and oxygen atoms in total. The lowest BCUT2D eigenvalue weighted by atomic mass is 10.2. The van der Waals surface area contributed by atoms with E-state index in [1.165, 1.54) is 6.20 Å². The van der Waals surface area contributed by atoms with Gasteiger partial charge in [-0.15, -0.1) is 0 Å². The van der Waals surface area contributed by atoms with Gasteiger partial charge >= 0.3 is 0 Å². The van der Waals surface area contributed by atoms with E-state index in [0.717, 1.165) is 0 Å². The zero-order valence-electron chi connectivity index (χ0n) is 10.1.